The normalized spacial score (nSPS) is 25.0. The number of nitrogens with zero attached hydrogens (tertiary/aromatic N) is 2. The van der Waals surface area contributed by atoms with Gasteiger partial charge in [0.15, 0.2) is 0 Å². The number of H-pyrrole nitrogens is 2. The molecule has 0 aliphatic carbocycles. The van der Waals surface area contributed by atoms with Gasteiger partial charge in [-0.3, -0.25) is 4.79 Å². The van der Waals surface area contributed by atoms with Crippen molar-refractivity contribution in [2.75, 3.05) is 6.54 Å². The van der Waals surface area contributed by atoms with Crippen molar-refractivity contribution in [1.29, 1.82) is 0 Å². The van der Waals surface area contributed by atoms with Gasteiger partial charge in [0.1, 0.15) is 11.6 Å². The van der Waals surface area contributed by atoms with Crippen LogP contribution in [0.2, 0.25) is 0 Å². The van der Waals surface area contributed by atoms with Gasteiger partial charge in [-0.1, -0.05) is 69.3 Å². The second-order valence-corrected chi connectivity index (χ2v) is 12.3. The zero-order valence-corrected chi connectivity index (χ0v) is 24.0. The van der Waals surface area contributed by atoms with Gasteiger partial charge in [0.2, 0.25) is 0 Å². The van der Waals surface area contributed by atoms with Gasteiger partial charge < -0.3 is 25.7 Å². The Morgan fingerprint density at radius 2 is 1.39 bits per heavy atom. The van der Waals surface area contributed by atoms with Crippen molar-refractivity contribution >= 4 is 5.97 Å². The molecule has 2 aliphatic heterocycles. The molecular formula is C33H40N6O2. The molecule has 2 aromatic heterocycles. The molecule has 0 bridgehead atoms. The predicted molar refractivity (Wildman–Crippen MR) is 161 cm³/mol. The monoisotopic (exact) mass is 552 g/mol. The number of aromatic nitrogens is 4. The topological polar surface area (TPSA) is 119 Å². The van der Waals surface area contributed by atoms with E-state index >= 15 is 0 Å². The number of carboxylic acids is 1. The predicted octanol–water partition coefficient (Wildman–Crippen LogP) is 6.34. The number of hydrogen-bond donors (Lipinski definition) is 5. The minimum Gasteiger partial charge on any atom is -0.481 e. The minimum absolute atomic E-state index is 0.148. The first-order chi connectivity index (χ1) is 19.8. The molecule has 6 atom stereocenters. The summed E-state index contributed by atoms with van der Waals surface area (Å²) in [5.74, 6) is 2.54. The largest absolute Gasteiger partial charge is 0.481 e. The van der Waals surface area contributed by atoms with E-state index in [9.17, 15) is 4.79 Å². The Labute approximate surface area is 241 Å². The zero-order valence-electron chi connectivity index (χ0n) is 24.0. The first kappa shape index (κ1) is 27.4. The minimum atomic E-state index is -0.729. The third-order valence-corrected chi connectivity index (χ3v) is 8.79. The van der Waals surface area contributed by atoms with Crippen LogP contribution in [0.3, 0.4) is 0 Å². The van der Waals surface area contributed by atoms with E-state index in [-0.39, 0.29) is 18.4 Å². The number of imidazole rings is 2. The summed E-state index contributed by atoms with van der Waals surface area (Å²) in [5.41, 5.74) is 6.41. The number of benzene rings is 2. The Hall–Kier alpha value is -3.75. The number of carbonyl (C=O) groups is 1. The van der Waals surface area contributed by atoms with Gasteiger partial charge in [-0.05, 0) is 54.7 Å². The Morgan fingerprint density at radius 1 is 0.854 bits per heavy atom. The van der Waals surface area contributed by atoms with Crippen LogP contribution in [0.4, 0.5) is 0 Å². The highest BCUT2D eigenvalue weighted by atomic mass is 16.4. The molecule has 8 heteroatoms. The number of aromatic amines is 2. The molecule has 8 nitrogen and oxygen atoms in total. The van der Waals surface area contributed by atoms with Crippen LogP contribution in [0.1, 0.15) is 70.2 Å². The fraction of sp³-hybridized carbons (Fsp3) is 0.424. The van der Waals surface area contributed by atoms with Crippen molar-refractivity contribution < 1.29 is 9.90 Å². The Kier molecular flexibility index (Phi) is 7.77. The molecule has 214 valence electrons. The van der Waals surface area contributed by atoms with E-state index in [1.54, 1.807) is 0 Å². The molecule has 2 aromatic carbocycles. The molecule has 2 aliphatic rings. The van der Waals surface area contributed by atoms with Crippen molar-refractivity contribution in [1.82, 2.24) is 30.6 Å². The average Bonchev–Trinajstić information content (AvgIpc) is 3.76. The second-order valence-electron chi connectivity index (χ2n) is 12.3. The summed E-state index contributed by atoms with van der Waals surface area (Å²) in [4.78, 5) is 27.6. The first-order valence-corrected chi connectivity index (χ1v) is 14.9. The molecule has 0 spiro atoms. The van der Waals surface area contributed by atoms with Crippen LogP contribution in [0.5, 0.6) is 0 Å². The molecule has 4 heterocycles. The number of carboxylic acid groups (broad SMARTS) is 1. The zero-order chi connectivity index (χ0) is 28.5. The van der Waals surface area contributed by atoms with E-state index in [0.29, 0.717) is 23.9 Å². The molecule has 2 saturated heterocycles. The fourth-order valence-corrected chi connectivity index (χ4v) is 6.45. The van der Waals surface area contributed by atoms with Crippen LogP contribution < -0.4 is 10.6 Å². The Balaban J connectivity index is 1.08. The first-order valence-electron chi connectivity index (χ1n) is 14.9. The quantitative estimate of drug-likeness (QED) is 0.165. The summed E-state index contributed by atoms with van der Waals surface area (Å²) in [7, 11) is 0. The van der Waals surface area contributed by atoms with Crippen LogP contribution in [0.15, 0.2) is 60.9 Å². The average molecular weight is 553 g/mol. The molecule has 2 unspecified atom stereocenters. The summed E-state index contributed by atoms with van der Waals surface area (Å²) in [6, 6.07) is 17.9. The lowest BCUT2D eigenvalue weighted by molar-refractivity contribution is -0.138. The molecule has 5 N–H and O–H groups in total. The highest BCUT2D eigenvalue weighted by Crippen LogP contribution is 2.34. The molecule has 0 saturated carbocycles. The van der Waals surface area contributed by atoms with Crippen molar-refractivity contribution in [2.24, 2.45) is 17.8 Å². The van der Waals surface area contributed by atoms with Gasteiger partial charge in [0.25, 0.3) is 0 Å². The van der Waals surface area contributed by atoms with Gasteiger partial charge in [0, 0.05) is 36.0 Å². The van der Waals surface area contributed by atoms with Crippen molar-refractivity contribution in [3.05, 3.63) is 72.6 Å². The maximum absolute atomic E-state index is 11.1. The number of hydrogen-bond acceptors (Lipinski definition) is 5. The summed E-state index contributed by atoms with van der Waals surface area (Å²) >= 11 is 0. The van der Waals surface area contributed by atoms with Crippen molar-refractivity contribution in [2.45, 2.75) is 64.6 Å². The second kappa shape index (κ2) is 11.6. The van der Waals surface area contributed by atoms with E-state index in [2.05, 4.69) is 83.0 Å². The molecule has 6 rings (SSSR count). The third-order valence-electron chi connectivity index (χ3n) is 8.79. The van der Waals surface area contributed by atoms with Crippen LogP contribution in [-0.4, -0.2) is 43.6 Å². The molecule has 41 heavy (non-hydrogen) atoms. The standard InChI is InChI=1S/C33H40N6O2/c1-19(14-31(40)41)12-26-21(3)15-28(37-26)33-36-18-30(39-33)25-10-6-23(7-11-25)22-4-8-24(9-5-22)29-17-35-32(38-29)27-13-20(2)16-34-27/h4-11,17-21,26-28,34,37H,12-16H2,1-3H3,(H,35,38)(H,36,39)(H,40,41)/t19?,20-,21-,26?,27-,28-/m0/s1. The van der Waals surface area contributed by atoms with Crippen LogP contribution in [0, 0.1) is 17.8 Å². The van der Waals surface area contributed by atoms with Crippen LogP contribution in [-0.2, 0) is 4.79 Å². The summed E-state index contributed by atoms with van der Waals surface area (Å²) < 4.78 is 0. The maximum atomic E-state index is 11.1. The van der Waals surface area contributed by atoms with Crippen LogP contribution >= 0.6 is 0 Å². The maximum Gasteiger partial charge on any atom is 0.303 e. The van der Waals surface area contributed by atoms with E-state index in [0.717, 1.165) is 71.1 Å². The lowest BCUT2D eigenvalue weighted by Crippen LogP contribution is -2.30. The fourth-order valence-electron chi connectivity index (χ4n) is 6.45. The smallest absolute Gasteiger partial charge is 0.303 e. The van der Waals surface area contributed by atoms with E-state index in [4.69, 9.17) is 15.1 Å². The lowest BCUT2D eigenvalue weighted by Gasteiger charge is -2.19. The summed E-state index contributed by atoms with van der Waals surface area (Å²) in [6.07, 6.45) is 7.16. The molecule has 0 amide bonds. The number of nitrogens with one attached hydrogen (secondary N) is 4. The highest BCUT2D eigenvalue weighted by molar-refractivity contribution is 5.71. The van der Waals surface area contributed by atoms with Gasteiger partial charge >= 0.3 is 5.97 Å². The van der Waals surface area contributed by atoms with Gasteiger partial charge in [-0.2, -0.15) is 0 Å². The van der Waals surface area contributed by atoms with Gasteiger partial charge in [0.05, 0.1) is 23.5 Å². The Bertz CT molecular complexity index is 1470. The number of rotatable bonds is 9. The molecule has 2 fully saturated rings. The number of aliphatic carboxylic acids is 1. The molecule has 0 radical (unpaired) electrons. The SMILES string of the molecule is CC(CC(=O)O)CC1N[C@H](c2nc(-c3ccc(-c4ccc(-c5c[nH]c([C@@H]6C[C@H](C)CN6)n5)cc4)cc3)c[nH]2)C[C@@H]1C. The third kappa shape index (κ3) is 6.14. The van der Waals surface area contributed by atoms with E-state index < -0.39 is 5.97 Å². The molecule has 4 aromatic rings. The van der Waals surface area contributed by atoms with E-state index in [1.807, 2.05) is 19.3 Å². The summed E-state index contributed by atoms with van der Waals surface area (Å²) in [5, 5.41) is 16.3. The van der Waals surface area contributed by atoms with Gasteiger partial charge in [-0.15, -0.1) is 0 Å². The van der Waals surface area contributed by atoms with E-state index in [1.165, 1.54) is 0 Å². The van der Waals surface area contributed by atoms with Gasteiger partial charge in [-0.25, -0.2) is 9.97 Å². The van der Waals surface area contributed by atoms with Crippen molar-refractivity contribution in [3.63, 3.8) is 0 Å². The summed E-state index contributed by atoms with van der Waals surface area (Å²) in [6.45, 7) is 7.57. The molecular weight excluding hydrogens is 512 g/mol. The lowest BCUT2D eigenvalue weighted by atomic mass is 9.91. The van der Waals surface area contributed by atoms with Crippen LogP contribution in [0.25, 0.3) is 33.6 Å². The van der Waals surface area contributed by atoms with Crippen molar-refractivity contribution in [3.8, 4) is 33.6 Å². The Morgan fingerprint density at radius 3 is 1.90 bits per heavy atom. The highest BCUT2D eigenvalue weighted by Gasteiger charge is 2.34.